The van der Waals surface area contributed by atoms with Gasteiger partial charge in [-0.2, -0.15) is 0 Å². The van der Waals surface area contributed by atoms with Gasteiger partial charge in [-0.15, -0.1) is 11.3 Å². The lowest BCUT2D eigenvalue weighted by Crippen LogP contribution is -1.90. The summed E-state index contributed by atoms with van der Waals surface area (Å²) in [6, 6.07) is 56.7. The first-order chi connectivity index (χ1) is 20.8. The average molecular weight is 554 g/mol. The molecule has 0 aliphatic rings. The summed E-state index contributed by atoms with van der Waals surface area (Å²) in [6.45, 7) is 0. The molecule has 2 heteroatoms. The molecule has 0 saturated heterocycles. The van der Waals surface area contributed by atoms with Crippen LogP contribution in [0.5, 0.6) is 0 Å². The maximum Gasteiger partial charge on any atom is 0.0434 e. The van der Waals surface area contributed by atoms with Gasteiger partial charge in [-0.1, -0.05) is 121 Å². The van der Waals surface area contributed by atoms with E-state index in [0.717, 1.165) is 11.4 Å². The van der Waals surface area contributed by atoms with E-state index in [1.807, 2.05) is 11.3 Å². The van der Waals surface area contributed by atoms with Gasteiger partial charge in [-0.3, -0.25) is 0 Å². The molecule has 0 amide bonds. The highest BCUT2D eigenvalue weighted by atomic mass is 32.1. The van der Waals surface area contributed by atoms with Crippen LogP contribution in [0.2, 0.25) is 0 Å². The lowest BCUT2D eigenvalue weighted by molar-refractivity contribution is 1.54. The maximum atomic E-state index is 3.58. The third kappa shape index (κ3) is 4.43. The minimum absolute atomic E-state index is 1.07. The number of hydrogen-bond acceptors (Lipinski definition) is 2. The second-order valence-corrected chi connectivity index (χ2v) is 11.7. The van der Waals surface area contributed by atoms with Crippen molar-refractivity contribution >= 4 is 53.7 Å². The molecular weight excluding hydrogens is 527 g/mol. The van der Waals surface area contributed by atoms with Crippen molar-refractivity contribution in [1.29, 1.82) is 0 Å². The third-order valence-corrected chi connectivity index (χ3v) is 9.30. The summed E-state index contributed by atoms with van der Waals surface area (Å²) in [7, 11) is 0. The van der Waals surface area contributed by atoms with Gasteiger partial charge in [0.25, 0.3) is 0 Å². The summed E-state index contributed by atoms with van der Waals surface area (Å²) < 4.78 is 2.70. The predicted octanol–water partition coefficient (Wildman–Crippen LogP) is 12.0. The second kappa shape index (κ2) is 10.3. The van der Waals surface area contributed by atoms with E-state index in [4.69, 9.17) is 0 Å². The molecule has 1 aromatic heterocycles. The summed E-state index contributed by atoms with van der Waals surface area (Å²) in [5, 5.41) is 8.87. The van der Waals surface area contributed by atoms with Crippen LogP contribution in [-0.4, -0.2) is 0 Å². The number of hydrogen-bond donors (Lipinski definition) is 1. The SMILES string of the molecule is c1ccc(-c2ccc(-c3ccc(Nc4ccc(-c5cc6c7ccccc7sc6c6ccccc56)cc4)cc3)cc2)cc1. The highest BCUT2D eigenvalue weighted by Gasteiger charge is 2.13. The zero-order valence-corrected chi connectivity index (χ0v) is 23.7. The molecule has 7 aromatic carbocycles. The zero-order chi connectivity index (χ0) is 27.9. The third-order valence-electron chi connectivity index (χ3n) is 8.08. The zero-order valence-electron chi connectivity index (χ0n) is 22.9. The largest absolute Gasteiger partial charge is 0.356 e. The molecule has 8 aromatic rings. The molecule has 42 heavy (non-hydrogen) atoms. The van der Waals surface area contributed by atoms with Crippen molar-refractivity contribution < 1.29 is 0 Å². The van der Waals surface area contributed by atoms with Crippen molar-refractivity contribution in [3.63, 3.8) is 0 Å². The fourth-order valence-corrected chi connectivity index (χ4v) is 7.14. The fraction of sp³-hybridized carbons (Fsp3) is 0. The quantitative estimate of drug-likeness (QED) is 0.223. The minimum atomic E-state index is 1.07. The molecular formula is C40H27NS. The molecule has 0 atom stereocenters. The number of fused-ring (bicyclic) bond motifs is 5. The predicted molar refractivity (Wildman–Crippen MR) is 183 cm³/mol. The van der Waals surface area contributed by atoms with Gasteiger partial charge < -0.3 is 5.32 Å². The minimum Gasteiger partial charge on any atom is -0.356 e. The molecule has 1 heterocycles. The Morgan fingerprint density at radius 3 is 1.48 bits per heavy atom. The Hall–Kier alpha value is -5.18. The van der Waals surface area contributed by atoms with Crippen molar-refractivity contribution in [2.75, 3.05) is 5.32 Å². The fourth-order valence-electron chi connectivity index (χ4n) is 5.92. The Balaban J connectivity index is 1.05. The van der Waals surface area contributed by atoms with Gasteiger partial charge in [0, 0.05) is 36.9 Å². The van der Waals surface area contributed by atoms with Crippen LogP contribution < -0.4 is 5.32 Å². The molecule has 0 aliphatic heterocycles. The van der Waals surface area contributed by atoms with E-state index in [1.54, 1.807) is 0 Å². The van der Waals surface area contributed by atoms with Crippen molar-refractivity contribution in [3.8, 4) is 33.4 Å². The maximum absolute atomic E-state index is 3.58. The number of thiophene rings is 1. The smallest absolute Gasteiger partial charge is 0.0434 e. The van der Waals surface area contributed by atoms with Crippen molar-refractivity contribution in [2.24, 2.45) is 0 Å². The summed E-state index contributed by atoms with van der Waals surface area (Å²) in [5.74, 6) is 0. The Bertz CT molecular complexity index is 2170. The van der Waals surface area contributed by atoms with E-state index >= 15 is 0 Å². The molecule has 198 valence electrons. The Morgan fingerprint density at radius 1 is 0.357 bits per heavy atom. The van der Waals surface area contributed by atoms with Crippen LogP contribution in [-0.2, 0) is 0 Å². The van der Waals surface area contributed by atoms with E-state index in [-0.39, 0.29) is 0 Å². The first-order valence-corrected chi connectivity index (χ1v) is 15.1. The highest BCUT2D eigenvalue weighted by molar-refractivity contribution is 7.26. The van der Waals surface area contributed by atoms with Gasteiger partial charge in [0.15, 0.2) is 0 Å². The molecule has 0 saturated carbocycles. The van der Waals surface area contributed by atoms with Crippen LogP contribution in [0, 0.1) is 0 Å². The van der Waals surface area contributed by atoms with Crippen LogP contribution in [0.3, 0.4) is 0 Å². The Labute approximate surface area is 249 Å². The van der Waals surface area contributed by atoms with Gasteiger partial charge in [-0.25, -0.2) is 0 Å². The van der Waals surface area contributed by atoms with E-state index < -0.39 is 0 Å². The topological polar surface area (TPSA) is 12.0 Å². The van der Waals surface area contributed by atoms with Crippen LogP contribution >= 0.6 is 11.3 Å². The van der Waals surface area contributed by atoms with E-state index in [9.17, 15) is 0 Å². The summed E-state index contributed by atoms with van der Waals surface area (Å²) in [5.41, 5.74) is 9.54. The lowest BCUT2D eigenvalue weighted by atomic mass is 9.95. The summed E-state index contributed by atoms with van der Waals surface area (Å²) >= 11 is 1.89. The first-order valence-electron chi connectivity index (χ1n) is 14.3. The van der Waals surface area contributed by atoms with Crippen LogP contribution in [0.25, 0.3) is 64.3 Å². The lowest BCUT2D eigenvalue weighted by Gasteiger charge is -2.11. The molecule has 8 rings (SSSR count). The molecule has 0 radical (unpaired) electrons. The van der Waals surface area contributed by atoms with Crippen molar-refractivity contribution in [3.05, 3.63) is 158 Å². The van der Waals surface area contributed by atoms with Gasteiger partial charge in [0.05, 0.1) is 0 Å². The Kier molecular flexibility index (Phi) is 6.05. The monoisotopic (exact) mass is 553 g/mol. The first kappa shape index (κ1) is 24.6. The van der Waals surface area contributed by atoms with E-state index in [1.165, 1.54) is 64.3 Å². The van der Waals surface area contributed by atoms with Crippen LogP contribution in [0.15, 0.2) is 158 Å². The van der Waals surface area contributed by atoms with Gasteiger partial charge in [0.2, 0.25) is 0 Å². The van der Waals surface area contributed by atoms with Gasteiger partial charge in [-0.05, 0) is 75.2 Å². The molecule has 0 bridgehead atoms. The normalized spacial score (nSPS) is 11.3. The van der Waals surface area contributed by atoms with E-state index in [2.05, 4.69) is 163 Å². The Morgan fingerprint density at radius 2 is 0.833 bits per heavy atom. The standard InChI is InChI=1S/C40H27NS/c1-2-8-27(9-3-1)28-14-16-29(17-15-28)30-18-22-32(23-19-30)41-33-24-20-31(21-25-33)37-26-38-35-11-6-7-13-39(35)42-40(38)36-12-5-4-10-34(36)37/h1-26,41H. The van der Waals surface area contributed by atoms with Crippen molar-refractivity contribution in [2.45, 2.75) is 0 Å². The summed E-state index contributed by atoms with van der Waals surface area (Å²) in [6.07, 6.45) is 0. The van der Waals surface area contributed by atoms with Crippen LogP contribution in [0.1, 0.15) is 0 Å². The molecule has 1 N–H and O–H groups in total. The van der Waals surface area contributed by atoms with E-state index in [0.29, 0.717) is 0 Å². The molecule has 0 spiro atoms. The summed E-state index contributed by atoms with van der Waals surface area (Å²) in [4.78, 5) is 0. The second-order valence-electron chi connectivity index (χ2n) is 10.7. The van der Waals surface area contributed by atoms with Gasteiger partial charge >= 0.3 is 0 Å². The highest BCUT2D eigenvalue weighted by Crippen LogP contribution is 2.42. The number of benzene rings is 7. The number of anilines is 2. The molecule has 0 unspecified atom stereocenters. The van der Waals surface area contributed by atoms with Crippen LogP contribution in [0.4, 0.5) is 11.4 Å². The number of rotatable bonds is 5. The average Bonchev–Trinajstić information content (AvgIpc) is 3.45. The molecule has 1 nitrogen and oxygen atoms in total. The van der Waals surface area contributed by atoms with Gasteiger partial charge in [0.1, 0.15) is 0 Å². The number of nitrogens with one attached hydrogen (secondary N) is 1. The van der Waals surface area contributed by atoms with Crippen molar-refractivity contribution in [1.82, 2.24) is 0 Å². The molecule has 0 fully saturated rings. The molecule has 0 aliphatic carbocycles.